The second-order valence-corrected chi connectivity index (χ2v) is 10.6. The number of ether oxygens (including phenoxy) is 1. The highest BCUT2D eigenvalue weighted by atomic mass is 35.5. The van der Waals surface area contributed by atoms with Crippen LogP contribution in [0, 0.1) is 0 Å². The molecule has 0 saturated heterocycles. The van der Waals surface area contributed by atoms with E-state index in [4.69, 9.17) is 27.9 Å². The summed E-state index contributed by atoms with van der Waals surface area (Å²) in [6.07, 6.45) is 1.73. The predicted molar refractivity (Wildman–Crippen MR) is 140 cm³/mol. The van der Waals surface area contributed by atoms with Crippen LogP contribution in [-0.2, 0) is 26.2 Å². The third kappa shape index (κ3) is 7.75. The van der Waals surface area contributed by atoms with Crippen LogP contribution in [-0.4, -0.2) is 57.1 Å². The molecule has 35 heavy (non-hydrogen) atoms. The Bertz CT molecular complexity index is 1120. The van der Waals surface area contributed by atoms with Crippen LogP contribution in [0.4, 0.5) is 5.69 Å². The third-order valence-corrected chi connectivity index (χ3v) is 7.05. The smallest absolute Gasteiger partial charge is 0.244 e. The van der Waals surface area contributed by atoms with Crippen LogP contribution in [0.2, 0.25) is 10.0 Å². The van der Waals surface area contributed by atoms with Crippen molar-refractivity contribution in [2.45, 2.75) is 39.8 Å². The minimum absolute atomic E-state index is 0.0806. The van der Waals surface area contributed by atoms with Crippen LogP contribution in [0.3, 0.4) is 0 Å². The first-order valence-corrected chi connectivity index (χ1v) is 13.8. The molecule has 0 heterocycles. The molecule has 0 spiro atoms. The van der Waals surface area contributed by atoms with Crippen LogP contribution in [0.15, 0.2) is 42.5 Å². The summed E-state index contributed by atoms with van der Waals surface area (Å²) < 4.78 is 32.0. The van der Waals surface area contributed by atoms with Crippen LogP contribution in [0.1, 0.15) is 32.8 Å². The second kappa shape index (κ2) is 13.0. The minimum atomic E-state index is -3.88. The molecule has 2 amide bonds. The van der Waals surface area contributed by atoms with Gasteiger partial charge in [0.25, 0.3) is 0 Å². The average Bonchev–Trinajstić information content (AvgIpc) is 2.80. The van der Waals surface area contributed by atoms with Crippen molar-refractivity contribution < 1.29 is 22.7 Å². The molecule has 0 aromatic heterocycles. The summed E-state index contributed by atoms with van der Waals surface area (Å²) in [5, 5.41) is 3.44. The van der Waals surface area contributed by atoms with Gasteiger partial charge < -0.3 is 15.0 Å². The Labute approximate surface area is 217 Å². The normalized spacial score (nSPS) is 12.1. The lowest BCUT2D eigenvalue weighted by molar-refractivity contribution is -0.139. The Morgan fingerprint density at radius 2 is 1.69 bits per heavy atom. The average molecular weight is 545 g/mol. The van der Waals surface area contributed by atoms with Crippen molar-refractivity contribution in [3.05, 3.63) is 58.1 Å². The first-order valence-electron chi connectivity index (χ1n) is 11.2. The summed E-state index contributed by atoms with van der Waals surface area (Å²) in [4.78, 5) is 27.7. The summed E-state index contributed by atoms with van der Waals surface area (Å²) in [7, 11) is -3.88. The molecule has 2 aromatic carbocycles. The zero-order chi connectivity index (χ0) is 26.2. The molecule has 0 aliphatic heterocycles. The lowest BCUT2D eigenvalue weighted by Gasteiger charge is -2.32. The maximum Gasteiger partial charge on any atom is 0.244 e. The van der Waals surface area contributed by atoms with Crippen molar-refractivity contribution in [3.63, 3.8) is 0 Å². The zero-order valence-corrected chi connectivity index (χ0v) is 22.6. The number of sulfonamides is 1. The van der Waals surface area contributed by atoms with Gasteiger partial charge in [0.15, 0.2) is 0 Å². The lowest BCUT2D eigenvalue weighted by atomic mass is 10.1. The number of carbonyl (C=O) groups is 2. The fraction of sp³-hybridized carbons (Fsp3) is 0.417. The van der Waals surface area contributed by atoms with E-state index >= 15 is 0 Å². The van der Waals surface area contributed by atoms with Crippen LogP contribution in [0.5, 0.6) is 5.75 Å². The number of para-hydroxylation sites is 2. The van der Waals surface area contributed by atoms with E-state index in [1.807, 2.05) is 6.92 Å². The standard InChI is InChI=1S/C24H31Cl2N3O5S/c1-5-14-27-24(31)17(3)28(15-18-19(25)10-9-11-20(18)26)23(30)16-29(35(4,32)33)21-12-7-8-13-22(21)34-6-2/h7-13,17H,5-6,14-16H2,1-4H3,(H,27,31)/t17-/m0/s1. The molecule has 2 rings (SSSR count). The van der Waals surface area contributed by atoms with Gasteiger partial charge in [0.2, 0.25) is 21.8 Å². The molecule has 0 bridgehead atoms. The van der Waals surface area contributed by atoms with Crippen molar-refractivity contribution >= 4 is 50.7 Å². The molecule has 11 heteroatoms. The van der Waals surface area contributed by atoms with E-state index in [0.29, 0.717) is 34.5 Å². The van der Waals surface area contributed by atoms with Crippen molar-refractivity contribution in [2.24, 2.45) is 0 Å². The van der Waals surface area contributed by atoms with Gasteiger partial charge in [0, 0.05) is 28.7 Å². The van der Waals surface area contributed by atoms with E-state index in [1.165, 1.54) is 4.90 Å². The van der Waals surface area contributed by atoms with Crippen LogP contribution in [0.25, 0.3) is 0 Å². The highest BCUT2D eigenvalue weighted by molar-refractivity contribution is 7.92. The van der Waals surface area contributed by atoms with Crippen molar-refractivity contribution in [3.8, 4) is 5.75 Å². The third-order valence-electron chi connectivity index (χ3n) is 5.22. The maximum atomic E-state index is 13.6. The lowest BCUT2D eigenvalue weighted by Crippen LogP contribution is -2.51. The van der Waals surface area contributed by atoms with E-state index in [1.54, 1.807) is 56.3 Å². The SMILES string of the molecule is CCCNC(=O)[C@H](C)N(Cc1c(Cl)cccc1Cl)C(=O)CN(c1ccccc1OCC)S(C)(=O)=O. The molecule has 0 fully saturated rings. The Kier molecular flexibility index (Phi) is 10.7. The molecule has 1 atom stereocenters. The van der Waals surface area contributed by atoms with Gasteiger partial charge in [-0.2, -0.15) is 0 Å². The van der Waals surface area contributed by atoms with E-state index in [9.17, 15) is 18.0 Å². The summed E-state index contributed by atoms with van der Waals surface area (Å²) in [6.45, 7) is 5.39. The summed E-state index contributed by atoms with van der Waals surface area (Å²) >= 11 is 12.7. The van der Waals surface area contributed by atoms with Gasteiger partial charge in [-0.05, 0) is 44.5 Å². The number of nitrogens with one attached hydrogen (secondary N) is 1. The highest BCUT2D eigenvalue weighted by Crippen LogP contribution is 2.31. The molecule has 0 aliphatic rings. The minimum Gasteiger partial charge on any atom is -0.492 e. The maximum absolute atomic E-state index is 13.6. The number of hydrogen-bond acceptors (Lipinski definition) is 5. The van der Waals surface area contributed by atoms with E-state index in [2.05, 4.69) is 5.32 Å². The van der Waals surface area contributed by atoms with Crippen molar-refractivity contribution in [1.82, 2.24) is 10.2 Å². The molecule has 0 radical (unpaired) electrons. The number of nitrogens with zero attached hydrogens (tertiary/aromatic N) is 2. The molecular formula is C24H31Cl2N3O5S. The molecule has 8 nitrogen and oxygen atoms in total. The molecule has 0 aliphatic carbocycles. The fourth-order valence-electron chi connectivity index (χ4n) is 3.37. The second-order valence-electron chi connectivity index (χ2n) is 7.86. The zero-order valence-electron chi connectivity index (χ0n) is 20.3. The largest absolute Gasteiger partial charge is 0.492 e. The first kappa shape index (κ1) is 28.7. The van der Waals surface area contributed by atoms with Gasteiger partial charge in [-0.15, -0.1) is 0 Å². The molecule has 0 unspecified atom stereocenters. The first-order chi connectivity index (χ1) is 16.5. The number of halogens is 2. The molecule has 1 N–H and O–H groups in total. The van der Waals surface area contributed by atoms with Gasteiger partial charge in [0.05, 0.1) is 18.6 Å². The number of amides is 2. The summed E-state index contributed by atoms with van der Waals surface area (Å²) in [5.41, 5.74) is 0.684. The Balaban J connectivity index is 2.48. The number of benzene rings is 2. The monoisotopic (exact) mass is 543 g/mol. The highest BCUT2D eigenvalue weighted by Gasteiger charge is 2.31. The summed E-state index contributed by atoms with van der Waals surface area (Å²) in [6, 6.07) is 10.6. The quantitative estimate of drug-likeness (QED) is 0.434. The van der Waals surface area contributed by atoms with Crippen LogP contribution < -0.4 is 14.4 Å². The Morgan fingerprint density at radius 3 is 2.26 bits per heavy atom. The fourth-order valence-corrected chi connectivity index (χ4v) is 4.74. The topological polar surface area (TPSA) is 96.0 Å². The predicted octanol–water partition coefficient (Wildman–Crippen LogP) is 4.10. The molecule has 192 valence electrons. The number of anilines is 1. The number of hydrogen-bond donors (Lipinski definition) is 1. The van der Waals surface area contributed by atoms with E-state index in [-0.39, 0.29) is 18.1 Å². The van der Waals surface area contributed by atoms with Gasteiger partial charge in [-0.1, -0.05) is 48.3 Å². The van der Waals surface area contributed by atoms with E-state index in [0.717, 1.165) is 17.0 Å². The van der Waals surface area contributed by atoms with Gasteiger partial charge >= 0.3 is 0 Å². The van der Waals surface area contributed by atoms with E-state index < -0.39 is 28.5 Å². The molecule has 2 aromatic rings. The van der Waals surface area contributed by atoms with Gasteiger partial charge in [-0.3, -0.25) is 13.9 Å². The molecular weight excluding hydrogens is 513 g/mol. The Morgan fingerprint density at radius 1 is 1.06 bits per heavy atom. The van der Waals surface area contributed by atoms with Gasteiger partial charge in [0.1, 0.15) is 18.3 Å². The Hall–Kier alpha value is -2.49. The molecule has 0 saturated carbocycles. The number of carbonyl (C=O) groups excluding carboxylic acids is 2. The van der Waals surface area contributed by atoms with Crippen LogP contribution >= 0.6 is 23.2 Å². The van der Waals surface area contributed by atoms with Gasteiger partial charge in [-0.25, -0.2) is 8.42 Å². The van der Waals surface area contributed by atoms with Crippen molar-refractivity contribution in [2.75, 3.05) is 30.3 Å². The van der Waals surface area contributed by atoms with Crippen molar-refractivity contribution in [1.29, 1.82) is 0 Å². The number of rotatable bonds is 12. The summed E-state index contributed by atoms with van der Waals surface area (Å²) in [5.74, 6) is -0.650.